The van der Waals surface area contributed by atoms with Gasteiger partial charge in [-0.2, -0.15) is 0 Å². The molecule has 168 valence electrons. The maximum atomic E-state index is 13.0. The lowest BCUT2D eigenvalue weighted by Gasteiger charge is -2.28. The van der Waals surface area contributed by atoms with Gasteiger partial charge in [0.25, 0.3) is 17.4 Å². The van der Waals surface area contributed by atoms with E-state index < -0.39 is 22.7 Å². The molecule has 0 radical (unpaired) electrons. The molecular weight excluding hydrogens is 410 g/mol. The van der Waals surface area contributed by atoms with E-state index in [1.165, 1.54) is 23.1 Å². The number of carbonyl (C=O) groups is 2. The van der Waals surface area contributed by atoms with E-state index in [0.717, 1.165) is 18.7 Å². The van der Waals surface area contributed by atoms with Gasteiger partial charge in [-0.25, -0.2) is 0 Å². The topological polar surface area (TPSA) is 104 Å². The molecule has 1 saturated heterocycles. The Morgan fingerprint density at radius 1 is 1.12 bits per heavy atom. The third-order valence-electron chi connectivity index (χ3n) is 5.81. The van der Waals surface area contributed by atoms with Crippen LogP contribution in [0.1, 0.15) is 36.6 Å². The van der Waals surface area contributed by atoms with E-state index in [-0.39, 0.29) is 23.6 Å². The highest BCUT2D eigenvalue weighted by molar-refractivity contribution is 6.46. The molecule has 32 heavy (non-hydrogen) atoms. The second-order valence-electron chi connectivity index (χ2n) is 7.74. The molecule has 0 saturated carbocycles. The second-order valence-corrected chi connectivity index (χ2v) is 7.74. The summed E-state index contributed by atoms with van der Waals surface area (Å²) >= 11 is 0. The van der Waals surface area contributed by atoms with Gasteiger partial charge in [0.05, 0.1) is 16.5 Å². The van der Waals surface area contributed by atoms with Crippen LogP contribution in [-0.2, 0) is 9.59 Å². The van der Waals surface area contributed by atoms with Crippen LogP contribution in [0.3, 0.4) is 0 Å². The highest BCUT2D eigenvalue weighted by Crippen LogP contribution is 2.40. The van der Waals surface area contributed by atoms with E-state index in [1.54, 1.807) is 30.3 Å². The Hall–Kier alpha value is -3.52. The maximum Gasteiger partial charge on any atom is 0.295 e. The number of aliphatic hydroxyl groups excluding tert-OH is 1. The lowest BCUT2D eigenvalue weighted by molar-refractivity contribution is -0.384. The maximum absolute atomic E-state index is 13.0. The van der Waals surface area contributed by atoms with Crippen molar-refractivity contribution in [2.24, 2.45) is 0 Å². The van der Waals surface area contributed by atoms with Crippen molar-refractivity contribution in [1.82, 2.24) is 9.80 Å². The summed E-state index contributed by atoms with van der Waals surface area (Å²) in [4.78, 5) is 40.3. The second kappa shape index (κ2) is 9.74. The molecule has 1 amide bonds. The summed E-state index contributed by atoms with van der Waals surface area (Å²) in [5, 5.41) is 22.4. The fraction of sp³-hybridized carbons (Fsp3) is 0.333. The summed E-state index contributed by atoms with van der Waals surface area (Å²) in [6.07, 6.45) is 0. The fourth-order valence-corrected chi connectivity index (χ4v) is 3.92. The normalized spacial score (nSPS) is 17.9. The summed E-state index contributed by atoms with van der Waals surface area (Å²) in [6, 6.07) is 11.9. The van der Waals surface area contributed by atoms with Crippen LogP contribution in [0.2, 0.25) is 0 Å². The first-order valence-electron chi connectivity index (χ1n) is 10.6. The van der Waals surface area contributed by atoms with Crippen molar-refractivity contribution in [2.45, 2.75) is 26.8 Å². The van der Waals surface area contributed by atoms with E-state index in [0.29, 0.717) is 17.7 Å². The molecule has 1 heterocycles. The van der Waals surface area contributed by atoms with Crippen molar-refractivity contribution >= 4 is 23.1 Å². The number of benzene rings is 2. The third-order valence-corrected chi connectivity index (χ3v) is 5.81. The predicted octanol–water partition coefficient (Wildman–Crippen LogP) is 3.67. The quantitative estimate of drug-likeness (QED) is 0.222. The minimum Gasteiger partial charge on any atom is -0.507 e. The van der Waals surface area contributed by atoms with E-state index in [2.05, 4.69) is 4.90 Å². The summed E-state index contributed by atoms with van der Waals surface area (Å²) < 4.78 is 0. The van der Waals surface area contributed by atoms with Crippen LogP contribution in [0.5, 0.6) is 0 Å². The van der Waals surface area contributed by atoms with Gasteiger partial charge in [0, 0.05) is 30.8 Å². The Morgan fingerprint density at radius 2 is 1.78 bits per heavy atom. The number of nitro benzene ring substituents is 1. The summed E-state index contributed by atoms with van der Waals surface area (Å²) in [7, 11) is 0. The van der Waals surface area contributed by atoms with Crippen LogP contribution in [0.15, 0.2) is 54.1 Å². The van der Waals surface area contributed by atoms with Crippen molar-refractivity contribution in [3.63, 3.8) is 0 Å². The Balaban J connectivity index is 2.13. The van der Waals surface area contributed by atoms with Crippen LogP contribution in [0, 0.1) is 17.0 Å². The molecule has 1 N–H and O–H groups in total. The van der Waals surface area contributed by atoms with E-state index in [1.807, 2.05) is 20.8 Å². The summed E-state index contributed by atoms with van der Waals surface area (Å²) in [6.45, 7) is 8.27. The zero-order valence-corrected chi connectivity index (χ0v) is 18.4. The Morgan fingerprint density at radius 3 is 2.38 bits per heavy atom. The number of aliphatic hydroxyl groups is 1. The van der Waals surface area contributed by atoms with Gasteiger partial charge in [0.2, 0.25) is 0 Å². The number of ketones is 1. The van der Waals surface area contributed by atoms with Gasteiger partial charge < -0.3 is 14.9 Å². The molecule has 3 rings (SSSR count). The van der Waals surface area contributed by atoms with E-state index >= 15 is 0 Å². The highest BCUT2D eigenvalue weighted by Gasteiger charge is 2.46. The molecule has 0 unspecified atom stereocenters. The number of likely N-dealkylation sites (tertiary alicyclic amines) is 1. The number of rotatable bonds is 8. The molecule has 0 bridgehead atoms. The van der Waals surface area contributed by atoms with Crippen LogP contribution >= 0.6 is 0 Å². The van der Waals surface area contributed by atoms with Gasteiger partial charge in [-0.3, -0.25) is 19.7 Å². The van der Waals surface area contributed by atoms with Gasteiger partial charge >= 0.3 is 0 Å². The Labute approximate surface area is 186 Å². The zero-order valence-electron chi connectivity index (χ0n) is 18.4. The molecule has 1 atom stereocenters. The molecule has 2 aromatic carbocycles. The van der Waals surface area contributed by atoms with Crippen LogP contribution < -0.4 is 0 Å². The first kappa shape index (κ1) is 23.1. The molecule has 0 aromatic heterocycles. The number of aryl methyl sites for hydroxylation is 1. The minimum absolute atomic E-state index is 0.0566. The summed E-state index contributed by atoms with van der Waals surface area (Å²) in [5.74, 6) is -1.80. The first-order valence-corrected chi connectivity index (χ1v) is 10.6. The van der Waals surface area contributed by atoms with Gasteiger partial charge in [-0.1, -0.05) is 55.8 Å². The first-order chi connectivity index (χ1) is 15.3. The van der Waals surface area contributed by atoms with Crippen LogP contribution in [0.4, 0.5) is 5.69 Å². The lowest BCUT2D eigenvalue weighted by Crippen LogP contribution is -2.38. The average Bonchev–Trinajstić information content (AvgIpc) is 3.04. The largest absolute Gasteiger partial charge is 0.507 e. The Kier molecular flexibility index (Phi) is 7.05. The molecule has 1 fully saturated rings. The number of likely N-dealkylation sites (N-methyl/N-ethyl adjacent to an activating group) is 1. The predicted molar refractivity (Wildman–Crippen MR) is 121 cm³/mol. The fourth-order valence-electron chi connectivity index (χ4n) is 3.92. The van der Waals surface area contributed by atoms with Crippen molar-refractivity contribution in [3.8, 4) is 0 Å². The van der Waals surface area contributed by atoms with Crippen LogP contribution in [-0.4, -0.2) is 57.7 Å². The SMILES string of the molecule is CCN(CC)CCN1C(=O)C(=O)C(=C(O)c2ccc(C)cc2)[C@H]1c1cccc([N+](=O)[O-])c1. The number of Topliss-reactive ketones (excluding diaryl/α,β-unsaturated/α-hetero) is 1. The van der Waals surface area contributed by atoms with Crippen molar-refractivity contribution in [1.29, 1.82) is 0 Å². The lowest BCUT2D eigenvalue weighted by atomic mass is 9.94. The van der Waals surface area contributed by atoms with Gasteiger partial charge in [-0.15, -0.1) is 0 Å². The average molecular weight is 437 g/mol. The molecule has 0 spiro atoms. The third kappa shape index (κ3) is 4.55. The number of nitro groups is 1. The zero-order chi connectivity index (χ0) is 23.4. The van der Waals surface area contributed by atoms with Crippen molar-refractivity contribution < 1.29 is 19.6 Å². The molecular formula is C24H27N3O5. The van der Waals surface area contributed by atoms with Crippen LogP contribution in [0.25, 0.3) is 5.76 Å². The van der Waals surface area contributed by atoms with Gasteiger partial charge in [0.15, 0.2) is 0 Å². The molecule has 2 aromatic rings. The number of non-ortho nitro benzene ring substituents is 1. The van der Waals surface area contributed by atoms with Gasteiger partial charge in [-0.05, 0) is 25.6 Å². The number of nitrogens with zero attached hydrogens (tertiary/aromatic N) is 3. The molecule has 1 aliphatic rings. The smallest absolute Gasteiger partial charge is 0.295 e. The molecule has 0 aliphatic carbocycles. The molecule has 8 nitrogen and oxygen atoms in total. The molecule has 1 aliphatic heterocycles. The van der Waals surface area contributed by atoms with Crippen molar-refractivity contribution in [2.75, 3.05) is 26.2 Å². The number of hydrogen-bond donors (Lipinski definition) is 1. The molecule has 8 heteroatoms. The summed E-state index contributed by atoms with van der Waals surface area (Å²) in [5.41, 5.74) is 1.60. The standard InChI is InChI=1S/C24H27N3O5/c1-4-25(5-2)13-14-26-21(18-7-6-8-19(15-18)27(31)32)20(23(29)24(26)30)22(28)17-11-9-16(3)10-12-17/h6-12,15,21,28H,4-5,13-14H2,1-3H3/t21-/m1/s1. The van der Waals surface area contributed by atoms with E-state index in [4.69, 9.17) is 0 Å². The number of carbonyl (C=O) groups excluding carboxylic acids is 2. The number of hydrogen-bond acceptors (Lipinski definition) is 6. The highest BCUT2D eigenvalue weighted by atomic mass is 16.6. The number of amides is 1. The van der Waals surface area contributed by atoms with E-state index in [9.17, 15) is 24.8 Å². The van der Waals surface area contributed by atoms with Crippen molar-refractivity contribution in [3.05, 3.63) is 80.9 Å². The Bertz CT molecular complexity index is 1060. The monoisotopic (exact) mass is 437 g/mol. The van der Waals surface area contributed by atoms with Gasteiger partial charge in [0.1, 0.15) is 5.76 Å². The minimum atomic E-state index is -0.910.